The van der Waals surface area contributed by atoms with Crippen molar-refractivity contribution in [2.24, 2.45) is 10.4 Å². The summed E-state index contributed by atoms with van der Waals surface area (Å²) in [6, 6.07) is -0.923. The van der Waals surface area contributed by atoms with Crippen LogP contribution in [0.2, 0.25) is 0 Å². The number of carbonyl (C=O) groups excluding carboxylic acids is 1. The van der Waals surface area contributed by atoms with Gasteiger partial charge >= 0.3 is 5.97 Å². The summed E-state index contributed by atoms with van der Waals surface area (Å²) < 4.78 is 0. The summed E-state index contributed by atoms with van der Waals surface area (Å²) in [5.74, 6) is -1.23. The first-order valence-electron chi connectivity index (χ1n) is 5.87. The third kappa shape index (κ3) is 3.18. The molecule has 2 N–H and O–H groups in total. The number of carboxylic acid groups (broad SMARTS) is 1. The number of aliphatic hydroxyl groups excluding tert-OH is 1. The molecule has 0 saturated carbocycles. The van der Waals surface area contributed by atoms with Gasteiger partial charge in [-0.1, -0.05) is 13.8 Å². The fourth-order valence-corrected chi connectivity index (χ4v) is 2.11. The van der Waals surface area contributed by atoms with E-state index in [1.807, 2.05) is 13.8 Å². The normalized spacial score (nSPS) is 22.0. The molecule has 1 aliphatic rings. The molecule has 0 fully saturated rings. The van der Waals surface area contributed by atoms with Crippen LogP contribution in [-0.2, 0) is 9.59 Å². The highest BCUT2D eigenvalue weighted by atomic mass is 16.4. The molecular weight excluding hydrogens is 234 g/mol. The molecule has 100 valence electrons. The van der Waals surface area contributed by atoms with Crippen LogP contribution < -0.4 is 0 Å². The van der Waals surface area contributed by atoms with Gasteiger partial charge in [-0.2, -0.15) is 0 Å². The van der Waals surface area contributed by atoms with Gasteiger partial charge in [0.2, 0.25) is 0 Å². The molecule has 0 aromatic heterocycles. The second-order valence-corrected chi connectivity index (χ2v) is 5.49. The van der Waals surface area contributed by atoms with Crippen LogP contribution in [0.3, 0.4) is 0 Å². The highest BCUT2D eigenvalue weighted by molar-refractivity contribution is 6.22. The van der Waals surface area contributed by atoms with E-state index in [2.05, 4.69) is 4.99 Å². The highest BCUT2D eigenvalue weighted by Gasteiger charge is 2.34. The predicted octanol–water partition coefficient (Wildman–Crippen LogP) is 2.12. The van der Waals surface area contributed by atoms with E-state index in [-0.39, 0.29) is 22.5 Å². The van der Waals surface area contributed by atoms with Gasteiger partial charge in [0.1, 0.15) is 11.8 Å². The Hall–Kier alpha value is -1.65. The van der Waals surface area contributed by atoms with E-state index in [4.69, 9.17) is 5.11 Å². The standard InChI is InChI=1S/C13H19NO4/c1-7(14-8(2)12(17)18)11-9(15)5-13(3,4)6-10(11)16/h8,15H,5-6H2,1-4H3,(H,17,18)/t8-/m0/s1. The highest BCUT2D eigenvalue weighted by Crippen LogP contribution is 2.36. The number of carbonyl (C=O) groups is 2. The van der Waals surface area contributed by atoms with Crippen molar-refractivity contribution in [3.8, 4) is 0 Å². The van der Waals surface area contributed by atoms with Gasteiger partial charge in [0, 0.05) is 18.6 Å². The Morgan fingerprint density at radius 3 is 2.39 bits per heavy atom. The zero-order chi connectivity index (χ0) is 14.1. The summed E-state index contributed by atoms with van der Waals surface area (Å²) in [5.41, 5.74) is 0.217. The number of aliphatic imine (C=N–C) groups is 1. The zero-order valence-corrected chi connectivity index (χ0v) is 11.1. The maximum absolute atomic E-state index is 12.0. The molecule has 5 nitrogen and oxygen atoms in total. The fraction of sp³-hybridized carbons (Fsp3) is 0.615. The van der Waals surface area contributed by atoms with Gasteiger partial charge in [-0.15, -0.1) is 0 Å². The number of Topliss-reactive ketones (excluding diaryl/α,β-unsaturated/α-hetero) is 1. The quantitative estimate of drug-likeness (QED) is 0.754. The summed E-state index contributed by atoms with van der Waals surface area (Å²) >= 11 is 0. The molecule has 1 rings (SSSR count). The third-order valence-corrected chi connectivity index (χ3v) is 2.96. The molecule has 0 aliphatic heterocycles. The van der Waals surface area contributed by atoms with Crippen LogP contribution in [0.15, 0.2) is 16.3 Å². The van der Waals surface area contributed by atoms with Gasteiger partial charge in [-0.05, 0) is 19.3 Å². The lowest BCUT2D eigenvalue weighted by molar-refractivity contribution is -0.138. The van der Waals surface area contributed by atoms with Crippen LogP contribution in [0.5, 0.6) is 0 Å². The Kier molecular flexibility index (Phi) is 3.94. The van der Waals surface area contributed by atoms with Crippen LogP contribution in [0.4, 0.5) is 0 Å². The summed E-state index contributed by atoms with van der Waals surface area (Å²) in [6.07, 6.45) is 0.739. The van der Waals surface area contributed by atoms with Crippen molar-refractivity contribution in [1.29, 1.82) is 0 Å². The van der Waals surface area contributed by atoms with E-state index in [0.717, 1.165) is 0 Å². The monoisotopic (exact) mass is 253 g/mol. The minimum atomic E-state index is -1.06. The summed E-state index contributed by atoms with van der Waals surface area (Å²) in [5, 5.41) is 18.7. The van der Waals surface area contributed by atoms with Crippen molar-refractivity contribution in [2.45, 2.75) is 46.6 Å². The van der Waals surface area contributed by atoms with Crippen molar-refractivity contribution >= 4 is 17.5 Å². The molecule has 0 unspecified atom stereocenters. The smallest absolute Gasteiger partial charge is 0.328 e. The number of hydrogen-bond donors (Lipinski definition) is 2. The Labute approximate surface area is 106 Å². The zero-order valence-electron chi connectivity index (χ0n) is 11.1. The number of rotatable bonds is 3. The molecule has 5 heteroatoms. The summed E-state index contributed by atoms with van der Waals surface area (Å²) in [6.45, 7) is 6.80. The minimum absolute atomic E-state index is 0.00934. The van der Waals surface area contributed by atoms with Crippen molar-refractivity contribution in [3.63, 3.8) is 0 Å². The van der Waals surface area contributed by atoms with Crippen molar-refractivity contribution in [1.82, 2.24) is 0 Å². The number of ketones is 1. The topological polar surface area (TPSA) is 87.0 Å². The molecule has 0 saturated heterocycles. The lowest BCUT2D eigenvalue weighted by Crippen LogP contribution is -2.29. The molecule has 0 amide bonds. The number of allylic oxidation sites excluding steroid dienone is 2. The number of hydrogen-bond acceptors (Lipinski definition) is 4. The van der Waals surface area contributed by atoms with Gasteiger partial charge < -0.3 is 10.2 Å². The SMILES string of the molecule is CC(=N[C@@H](C)C(=O)O)C1=C(O)CC(C)(C)CC1=O. The van der Waals surface area contributed by atoms with Crippen molar-refractivity contribution < 1.29 is 19.8 Å². The molecule has 0 aromatic carbocycles. The van der Waals surface area contributed by atoms with Gasteiger partial charge in [-0.25, -0.2) is 4.79 Å². The molecule has 0 bridgehead atoms. The van der Waals surface area contributed by atoms with Gasteiger partial charge in [0.25, 0.3) is 0 Å². The number of aliphatic hydroxyl groups is 1. The Morgan fingerprint density at radius 1 is 1.39 bits per heavy atom. The van der Waals surface area contributed by atoms with E-state index in [9.17, 15) is 14.7 Å². The average molecular weight is 253 g/mol. The lowest BCUT2D eigenvalue weighted by Gasteiger charge is -2.29. The van der Waals surface area contributed by atoms with Gasteiger partial charge in [-0.3, -0.25) is 9.79 Å². The van der Waals surface area contributed by atoms with Gasteiger partial charge in [0.15, 0.2) is 5.78 Å². The number of aliphatic carboxylic acids is 1. The van der Waals surface area contributed by atoms with E-state index in [0.29, 0.717) is 18.6 Å². The van der Waals surface area contributed by atoms with E-state index in [1.165, 1.54) is 6.92 Å². The molecule has 18 heavy (non-hydrogen) atoms. The Bertz CT molecular complexity index is 446. The second kappa shape index (κ2) is 4.92. The van der Waals surface area contributed by atoms with Gasteiger partial charge in [0.05, 0.1) is 5.57 Å². The van der Waals surface area contributed by atoms with E-state index >= 15 is 0 Å². The molecule has 1 aliphatic carbocycles. The summed E-state index contributed by atoms with van der Waals surface area (Å²) in [4.78, 5) is 26.6. The second-order valence-electron chi connectivity index (χ2n) is 5.49. The number of nitrogens with zero attached hydrogens (tertiary/aromatic N) is 1. The van der Waals surface area contributed by atoms with Crippen LogP contribution in [0, 0.1) is 5.41 Å². The molecule has 1 atom stereocenters. The van der Waals surface area contributed by atoms with E-state index in [1.54, 1.807) is 6.92 Å². The van der Waals surface area contributed by atoms with Crippen molar-refractivity contribution in [2.75, 3.05) is 0 Å². The first kappa shape index (κ1) is 14.4. The maximum Gasteiger partial charge on any atom is 0.328 e. The number of carboxylic acids is 1. The molecule has 0 heterocycles. The summed E-state index contributed by atoms with van der Waals surface area (Å²) in [7, 11) is 0. The Balaban J connectivity index is 3.09. The van der Waals surface area contributed by atoms with Crippen LogP contribution in [0.25, 0.3) is 0 Å². The largest absolute Gasteiger partial charge is 0.511 e. The predicted molar refractivity (Wildman–Crippen MR) is 67.9 cm³/mol. The third-order valence-electron chi connectivity index (χ3n) is 2.96. The fourth-order valence-electron chi connectivity index (χ4n) is 2.11. The molecule has 0 spiro atoms. The van der Waals surface area contributed by atoms with E-state index < -0.39 is 12.0 Å². The minimum Gasteiger partial charge on any atom is -0.511 e. The van der Waals surface area contributed by atoms with Crippen LogP contribution in [0.1, 0.15) is 40.5 Å². The Morgan fingerprint density at radius 2 is 1.94 bits per heavy atom. The lowest BCUT2D eigenvalue weighted by atomic mass is 9.76. The molecule has 0 radical (unpaired) electrons. The van der Waals surface area contributed by atoms with Crippen LogP contribution in [-0.4, -0.2) is 33.7 Å². The molecular formula is C13H19NO4. The van der Waals surface area contributed by atoms with Crippen molar-refractivity contribution in [3.05, 3.63) is 11.3 Å². The maximum atomic E-state index is 12.0. The first-order chi connectivity index (χ1) is 8.14. The molecule has 0 aromatic rings. The van der Waals surface area contributed by atoms with Crippen LogP contribution >= 0.6 is 0 Å². The first-order valence-corrected chi connectivity index (χ1v) is 5.87. The average Bonchev–Trinajstić information content (AvgIpc) is 2.13.